The summed E-state index contributed by atoms with van der Waals surface area (Å²) >= 11 is 0. The van der Waals surface area contributed by atoms with Crippen LogP contribution in [0.5, 0.6) is 0 Å². The topological polar surface area (TPSA) is 84.2 Å². The van der Waals surface area contributed by atoms with E-state index >= 15 is 0 Å². The Morgan fingerprint density at radius 3 is 2.26 bits per heavy atom. The molecule has 6 nitrogen and oxygen atoms in total. The number of carbonyl (C=O) groups is 2. The Hall–Kier alpha value is -2.63. The summed E-state index contributed by atoms with van der Waals surface area (Å²) in [4.78, 5) is 29.0. The van der Waals surface area contributed by atoms with E-state index in [-0.39, 0.29) is 23.7 Å². The number of hydrogen-bond donors (Lipinski definition) is 2. The Bertz CT molecular complexity index is 927. The fraction of sp³-hybridized carbons (Fsp3) is 0.560. The largest absolute Gasteiger partial charge is 0.441 e. The smallest absolute Gasteiger partial charge is 0.238 e. The van der Waals surface area contributed by atoms with E-state index in [1.54, 1.807) is 6.20 Å². The van der Waals surface area contributed by atoms with E-state index in [2.05, 4.69) is 15.8 Å². The van der Waals surface area contributed by atoms with E-state index in [0.717, 1.165) is 23.3 Å². The normalized spacial score (nSPS) is 28.5. The van der Waals surface area contributed by atoms with Crippen molar-refractivity contribution in [3.05, 3.63) is 41.9 Å². The molecule has 2 aromatic rings. The van der Waals surface area contributed by atoms with E-state index in [1.807, 2.05) is 31.2 Å². The van der Waals surface area contributed by atoms with Gasteiger partial charge in [-0.05, 0) is 68.6 Å². The number of aryl methyl sites for hydroxylation is 2. The van der Waals surface area contributed by atoms with Gasteiger partial charge in [-0.3, -0.25) is 20.4 Å². The van der Waals surface area contributed by atoms with Crippen molar-refractivity contribution >= 4 is 11.8 Å². The number of oxazole rings is 1. The Morgan fingerprint density at radius 2 is 1.61 bits per heavy atom. The van der Waals surface area contributed by atoms with Crippen LogP contribution >= 0.6 is 0 Å². The summed E-state index contributed by atoms with van der Waals surface area (Å²) in [6.07, 6.45) is 10.5. The molecule has 2 amide bonds. The van der Waals surface area contributed by atoms with Gasteiger partial charge in [0.1, 0.15) is 0 Å². The van der Waals surface area contributed by atoms with Crippen molar-refractivity contribution in [1.82, 2.24) is 15.8 Å². The van der Waals surface area contributed by atoms with Crippen LogP contribution in [0.4, 0.5) is 0 Å². The van der Waals surface area contributed by atoms with Crippen LogP contribution in [-0.4, -0.2) is 16.8 Å². The highest BCUT2D eigenvalue weighted by Crippen LogP contribution is 2.61. The van der Waals surface area contributed by atoms with Crippen molar-refractivity contribution < 1.29 is 14.0 Å². The lowest BCUT2D eigenvalue weighted by Gasteiger charge is -2.56. The predicted molar refractivity (Wildman–Crippen MR) is 117 cm³/mol. The lowest BCUT2D eigenvalue weighted by Crippen LogP contribution is -2.50. The number of amides is 2. The summed E-state index contributed by atoms with van der Waals surface area (Å²) in [5, 5.41) is 0. The second-order valence-corrected chi connectivity index (χ2v) is 10.2. The van der Waals surface area contributed by atoms with Crippen LogP contribution in [0.2, 0.25) is 0 Å². The monoisotopic (exact) mass is 421 g/mol. The number of benzene rings is 1. The zero-order valence-electron chi connectivity index (χ0n) is 18.2. The molecular weight excluding hydrogens is 390 g/mol. The summed E-state index contributed by atoms with van der Waals surface area (Å²) < 4.78 is 5.77. The molecule has 0 spiro atoms. The summed E-state index contributed by atoms with van der Waals surface area (Å²) in [6.45, 7) is 2.04. The van der Waals surface area contributed by atoms with Crippen LogP contribution < -0.4 is 10.9 Å². The minimum absolute atomic E-state index is 0.0620. The molecule has 0 saturated heterocycles. The first kappa shape index (κ1) is 20.3. The molecule has 6 heteroatoms. The number of rotatable bonds is 6. The van der Waals surface area contributed by atoms with Crippen molar-refractivity contribution in [3.8, 4) is 11.3 Å². The first-order valence-electron chi connectivity index (χ1n) is 11.6. The molecule has 164 valence electrons. The SMILES string of the molecule is Cc1ccc(-c2cnc(CCC(=O)NNC(=O)CC34CC5CC(CC(C5)C3)C4)o2)cc1. The van der Waals surface area contributed by atoms with Gasteiger partial charge in [0.05, 0.1) is 6.20 Å². The van der Waals surface area contributed by atoms with Gasteiger partial charge in [-0.15, -0.1) is 0 Å². The highest BCUT2D eigenvalue weighted by atomic mass is 16.4. The minimum Gasteiger partial charge on any atom is -0.441 e. The third-order valence-corrected chi connectivity index (χ3v) is 7.50. The van der Waals surface area contributed by atoms with Gasteiger partial charge in [-0.2, -0.15) is 0 Å². The lowest BCUT2D eigenvalue weighted by atomic mass is 9.49. The maximum Gasteiger partial charge on any atom is 0.238 e. The highest BCUT2D eigenvalue weighted by molar-refractivity contribution is 5.82. The van der Waals surface area contributed by atoms with Gasteiger partial charge >= 0.3 is 0 Å². The number of nitrogens with zero attached hydrogens (tertiary/aromatic N) is 1. The van der Waals surface area contributed by atoms with Gasteiger partial charge in [-0.1, -0.05) is 29.8 Å². The second kappa shape index (κ2) is 8.13. The van der Waals surface area contributed by atoms with Gasteiger partial charge in [0, 0.05) is 24.8 Å². The minimum atomic E-state index is -0.228. The summed E-state index contributed by atoms with van der Waals surface area (Å²) in [6, 6.07) is 8.03. The van der Waals surface area contributed by atoms with E-state index in [4.69, 9.17) is 4.42 Å². The molecule has 1 aromatic carbocycles. The Morgan fingerprint density at radius 1 is 1.00 bits per heavy atom. The first-order valence-corrected chi connectivity index (χ1v) is 11.6. The van der Waals surface area contributed by atoms with Crippen molar-refractivity contribution in [1.29, 1.82) is 0 Å². The molecule has 0 radical (unpaired) electrons. The molecule has 0 aliphatic heterocycles. The van der Waals surface area contributed by atoms with Crippen LogP contribution in [-0.2, 0) is 16.0 Å². The molecule has 4 aliphatic carbocycles. The molecule has 1 heterocycles. The molecule has 4 bridgehead atoms. The molecule has 4 saturated carbocycles. The third-order valence-electron chi connectivity index (χ3n) is 7.50. The average Bonchev–Trinajstić information content (AvgIpc) is 3.19. The zero-order valence-corrected chi connectivity index (χ0v) is 18.2. The molecule has 4 fully saturated rings. The fourth-order valence-electron chi connectivity index (χ4n) is 6.59. The number of carbonyl (C=O) groups excluding carboxylic acids is 2. The van der Waals surface area contributed by atoms with Gasteiger partial charge in [-0.25, -0.2) is 4.98 Å². The summed E-state index contributed by atoms with van der Waals surface area (Å²) in [5.74, 6) is 3.38. The van der Waals surface area contributed by atoms with Crippen LogP contribution in [0.3, 0.4) is 0 Å². The quantitative estimate of drug-likeness (QED) is 0.680. The summed E-state index contributed by atoms with van der Waals surface area (Å²) in [5.41, 5.74) is 7.54. The van der Waals surface area contributed by atoms with Crippen LogP contribution in [0.25, 0.3) is 11.3 Å². The van der Waals surface area contributed by atoms with E-state index < -0.39 is 0 Å². The van der Waals surface area contributed by atoms with Crippen molar-refractivity contribution in [3.63, 3.8) is 0 Å². The molecule has 6 rings (SSSR count). The highest BCUT2D eigenvalue weighted by Gasteiger charge is 2.51. The average molecular weight is 422 g/mol. The molecule has 1 aromatic heterocycles. The number of hydrogen-bond acceptors (Lipinski definition) is 4. The predicted octanol–water partition coefficient (Wildman–Crippen LogP) is 4.34. The molecule has 2 N–H and O–H groups in total. The van der Waals surface area contributed by atoms with E-state index in [0.29, 0.717) is 24.5 Å². The maximum atomic E-state index is 12.5. The van der Waals surface area contributed by atoms with E-state index in [1.165, 1.54) is 44.1 Å². The molecule has 4 aliphatic rings. The Balaban J connectivity index is 1.07. The van der Waals surface area contributed by atoms with Gasteiger partial charge in [0.2, 0.25) is 11.8 Å². The Kier molecular flexibility index (Phi) is 5.32. The molecular formula is C25H31N3O3. The van der Waals surface area contributed by atoms with E-state index in [9.17, 15) is 9.59 Å². The lowest BCUT2D eigenvalue weighted by molar-refractivity contribution is -0.134. The second-order valence-electron chi connectivity index (χ2n) is 10.2. The molecule has 0 atom stereocenters. The Labute approximate surface area is 183 Å². The number of aromatic nitrogens is 1. The van der Waals surface area contributed by atoms with Crippen LogP contribution in [0.15, 0.2) is 34.9 Å². The van der Waals surface area contributed by atoms with Crippen LogP contribution in [0, 0.1) is 30.1 Å². The standard InChI is InChI=1S/C25H31N3O3/c1-16-2-4-20(5-3-16)21-15-26-24(31-21)7-6-22(29)27-28-23(30)14-25-11-17-8-18(12-25)10-19(9-17)13-25/h2-5,15,17-19H,6-14H2,1H3,(H,27,29)(H,28,30). The zero-order chi connectivity index (χ0) is 21.4. The van der Waals surface area contributed by atoms with Gasteiger partial charge in [0.25, 0.3) is 0 Å². The van der Waals surface area contributed by atoms with Crippen molar-refractivity contribution in [2.75, 3.05) is 0 Å². The molecule has 0 unspecified atom stereocenters. The van der Waals surface area contributed by atoms with Gasteiger partial charge in [0.15, 0.2) is 11.7 Å². The maximum absolute atomic E-state index is 12.5. The first-order chi connectivity index (χ1) is 15.0. The van der Waals surface area contributed by atoms with Crippen LogP contribution in [0.1, 0.15) is 62.8 Å². The summed E-state index contributed by atoms with van der Waals surface area (Å²) in [7, 11) is 0. The van der Waals surface area contributed by atoms with Crippen molar-refractivity contribution in [2.24, 2.45) is 23.2 Å². The van der Waals surface area contributed by atoms with Crippen molar-refractivity contribution in [2.45, 2.75) is 64.7 Å². The number of hydrazine groups is 1. The molecule has 31 heavy (non-hydrogen) atoms. The number of nitrogens with one attached hydrogen (secondary N) is 2. The third kappa shape index (κ3) is 4.53. The van der Waals surface area contributed by atoms with Gasteiger partial charge < -0.3 is 4.42 Å². The fourth-order valence-corrected chi connectivity index (χ4v) is 6.59.